The van der Waals surface area contributed by atoms with Gasteiger partial charge in [-0.2, -0.15) is 0 Å². The third-order valence-electron chi connectivity index (χ3n) is 4.40. The highest BCUT2D eigenvalue weighted by molar-refractivity contribution is 7.89. The van der Waals surface area contributed by atoms with Crippen LogP contribution in [0.2, 0.25) is 0 Å². The summed E-state index contributed by atoms with van der Waals surface area (Å²) in [6.45, 7) is 2.52. The maximum atomic E-state index is 12.5. The summed E-state index contributed by atoms with van der Waals surface area (Å²) in [7, 11) is -0.555. The number of ether oxygens (including phenoxy) is 2. The number of unbranched alkanes of at least 4 members (excludes halogenated alkanes) is 3. The van der Waals surface area contributed by atoms with Crippen LogP contribution in [0.15, 0.2) is 47.4 Å². The lowest BCUT2D eigenvalue weighted by Crippen LogP contribution is -2.24. The zero-order valence-electron chi connectivity index (χ0n) is 17.0. The minimum absolute atomic E-state index is 0.160. The average molecular weight is 421 g/mol. The molecule has 2 rings (SSSR count). The molecule has 0 atom stereocenters. The number of carbonyl (C=O) groups is 1. The number of rotatable bonds is 11. The number of methoxy groups -OCH3 is 2. The van der Waals surface area contributed by atoms with Crippen LogP contribution in [-0.4, -0.2) is 35.1 Å². The zero-order valence-corrected chi connectivity index (χ0v) is 17.8. The summed E-state index contributed by atoms with van der Waals surface area (Å²) in [5.41, 5.74) is 0.827. The Morgan fingerprint density at radius 3 is 2.31 bits per heavy atom. The van der Waals surface area contributed by atoms with E-state index in [9.17, 15) is 13.2 Å². The molecule has 2 N–H and O–H groups in total. The molecule has 2 aromatic carbocycles. The van der Waals surface area contributed by atoms with Crippen molar-refractivity contribution in [3.63, 3.8) is 0 Å². The number of hydrogen-bond donors (Lipinski definition) is 2. The molecule has 0 aliphatic carbocycles. The average Bonchev–Trinajstić information content (AvgIpc) is 2.73. The van der Waals surface area contributed by atoms with E-state index in [0.29, 0.717) is 29.3 Å². The third-order valence-corrected chi connectivity index (χ3v) is 5.88. The first-order chi connectivity index (χ1) is 13.9. The molecule has 0 aliphatic heterocycles. The van der Waals surface area contributed by atoms with Gasteiger partial charge in [0, 0.05) is 18.3 Å². The van der Waals surface area contributed by atoms with E-state index in [0.717, 1.165) is 25.7 Å². The zero-order chi connectivity index (χ0) is 21.3. The molecule has 29 heavy (non-hydrogen) atoms. The van der Waals surface area contributed by atoms with Gasteiger partial charge in [-0.1, -0.05) is 26.2 Å². The largest absolute Gasteiger partial charge is 0.497 e. The van der Waals surface area contributed by atoms with Crippen LogP contribution in [0.1, 0.15) is 43.0 Å². The van der Waals surface area contributed by atoms with Crippen LogP contribution < -0.4 is 19.5 Å². The van der Waals surface area contributed by atoms with Gasteiger partial charge in [-0.3, -0.25) is 4.79 Å². The topological polar surface area (TPSA) is 93.7 Å². The van der Waals surface area contributed by atoms with Crippen LogP contribution in [-0.2, 0) is 10.0 Å². The smallest absolute Gasteiger partial charge is 0.259 e. The van der Waals surface area contributed by atoms with Crippen LogP contribution >= 0.6 is 0 Å². The van der Waals surface area contributed by atoms with E-state index >= 15 is 0 Å². The maximum absolute atomic E-state index is 12.5. The van der Waals surface area contributed by atoms with Crippen LogP contribution in [0.3, 0.4) is 0 Å². The lowest BCUT2D eigenvalue weighted by molar-refractivity contribution is 0.102. The standard InChI is InChI=1S/C21H28N2O5S/c1-4-5-6-7-14-22-29(25,26)18-11-8-16(9-12-18)23-21(24)19-13-10-17(27-2)15-20(19)28-3/h8-13,15,22H,4-7,14H2,1-3H3,(H,23,24). The second-order valence-electron chi connectivity index (χ2n) is 6.50. The highest BCUT2D eigenvalue weighted by atomic mass is 32.2. The molecule has 0 aliphatic rings. The fourth-order valence-corrected chi connectivity index (χ4v) is 3.82. The van der Waals surface area contributed by atoms with Crippen LogP contribution in [0, 0.1) is 0 Å². The molecule has 0 heterocycles. The molecule has 8 heteroatoms. The number of benzene rings is 2. The van der Waals surface area contributed by atoms with E-state index in [1.165, 1.54) is 26.4 Å². The van der Waals surface area contributed by atoms with Gasteiger partial charge in [-0.05, 0) is 42.8 Å². The van der Waals surface area contributed by atoms with E-state index in [1.807, 2.05) is 0 Å². The lowest BCUT2D eigenvalue weighted by Gasteiger charge is -2.11. The number of hydrogen-bond acceptors (Lipinski definition) is 5. The molecule has 2 aromatic rings. The van der Waals surface area contributed by atoms with E-state index in [4.69, 9.17) is 9.47 Å². The number of sulfonamides is 1. The van der Waals surface area contributed by atoms with Crippen molar-refractivity contribution in [1.29, 1.82) is 0 Å². The summed E-state index contributed by atoms with van der Waals surface area (Å²) in [4.78, 5) is 12.7. The highest BCUT2D eigenvalue weighted by Crippen LogP contribution is 2.25. The molecule has 0 spiro atoms. The molecule has 7 nitrogen and oxygen atoms in total. The fraction of sp³-hybridized carbons (Fsp3) is 0.381. The summed E-state index contributed by atoms with van der Waals surface area (Å²) in [6.07, 6.45) is 4.00. The summed E-state index contributed by atoms with van der Waals surface area (Å²) in [5.74, 6) is 0.595. The Labute approximate surface area is 172 Å². The monoisotopic (exact) mass is 420 g/mol. The van der Waals surface area contributed by atoms with Crippen molar-refractivity contribution in [2.45, 2.75) is 37.5 Å². The molecular formula is C21H28N2O5S. The minimum atomic E-state index is -3.56. The van der Waals surface area contributed by atoms with Crippen molar-refractivity contribution in [1.82, 2.24) is 4.72 Å². The molecule has 0 bridgehead atoms. The summed E-state index contributed by atoms with van der Waals surface area (Å²) < 4.78 is 37.6. The summed E-state index contributed by atoms with van der Waals surface area (Å²) in [6, 6.07) is 10.9. The van der Waals surface area contributed by atoms with E-state index < -0.39 is 10.0 Å². The van der Waals surface area contributed by atoms with E-state index in [1.54, 1.807) is 30.3 Å². The first-order valence-electron chi connectivity index (χ1n) is 9.54. The summed E-state index contributed by atoms with van der Waals surface area (Å²) >= 11 is 0. The Hall–Kier alpha value is -2.58. The Morgan fingerprint density at radius 1 is 0.966 bits per heavy atom. The van der Waals surface area contributed by atoms with Gasteiger partial charge in [0.15, 0.2) is 0 Å². The Balaban J connectivity index is 2.02. The summed E-state index contributed by atoms with van der Waals surface area (Å²) in [5, 5.41) is 2.74. The second-order valence-corrected chi connectivity index (χ2v) is 8.27. The molecule has 0 fully saturated rings. The molecule has 158 valence electrons. The normalized spacial score (nSPS) is 11.1. The van der Waals surface area contributed by atoms with Gasteiger partial charge in [0.25, 0.3) is 5.91 Å². The Morgan fingerprint density at radius 2 is 1.69 bits per heavy atom. The molecule has 0 saturated carbocycles. The number of nitrogens with one attached hydrogen (secondary N) is 2. The number of anilines is 1. The van der Waals surface area contributed by atoms with Crippen molar-refractivity contribution in [3.8, 4) is 11.5 Å². The van der Waals surface area contributed by atoms with Crippen LogP contribution in [0.25, 0.3) is 0 Å². The molecule has 0 aromatic heterocycles. The molecule has 0 radical (unpaired) electrons. The van der Waals surface area contributed by atoms with Gasteiger partial charge < -0.3 is 14.8 Å². The predicted molar refractivity (Wildman–Crippen MR) is 113 cm³/mol. The third kappa shape index (κ3) is 6.47. The first-order valence-corrected chi connectivity index (χ1v) is 11.0. The number of carbonyl (C=O) groups excluding carboxylic acids is 1. The molecule has 0 unspecified atom stereocenters. The Bertz CT molecular complexity index is 911. The van der Waals surface area contributed by atoms with Gasteiger partial charge in [0.05, 0.1) is 24.7 Å². The van der Waals surface area contributed by atoms with Gasteiger partial charge in [-0.25, -0.2) is 13.1 Å². The fourth-order valence-electron chi connectivity index (χ4n) is 2.74. The van der Waals surface area contributed by atoms with Crippen molar-refractivity contribution < 1.29 is 22.7 Å². The van der Waals surface area contributed by atoms with Crippen molar-refractivity contribution in [3.05, 3.63) is 48.0 Å². The van der Waals surface area contributed by atoms with Crippen LogP contribution in [0.4, 0.5) is 5.69 Å². The maximum Gasteiger partial charge on any atom is 0.259 e. The van der Waals surface area contributed by atoms with Gasteiger partial charge in [0.2, 0.25) is 10.0 Å². The van der Waals surface area contributed by atoms with Crippen LogP contribution in [0.5, 0.6) is 11.5 Å². The van der Waals surface area contributed by atoms with Crippen molar-refractivity contribution in [2.24, 2.45) is 0 Å². The predicted octanol–water partition coefficient (Wildman–Crippen LogP) is 3.81. The highest BCUT2D eigenvalue weighted by Gasteiger charge is 2.16. The lowest BCUT2D eigenvalue weighted by atomic mass is 10.1. The minimum Gasteiger partial charge on any atom is -0.497 e. The van der Waals surface area contributed by atoms with Gasteiger partial charge in [-0.15, -0.1) is 0 Å². The quantitative estimate of drug-likeness (QED) is 0.539. The molecular weight excluding hydrogens is 392 g/mol. The van der Waals surface area contributed by atoms with E-state index in [2.05, 4.69) is 17.0 Å². The number of amides is 1. The first kappa shape index (κ1) is 22.7. The second kappa shape index (κ2) is 10.8. The Kier molecular flexibility index (Phi) is 8.48. The molecule has 0 saturated heterocycles. The SMILES string of the molecule is CCCCCCNS(=O)(=O)c1ccc(NC(=O)c2ccc(OC)cc2OC)cc1. The van der Waals surface area contributed by atoms with Gasteiger partial charge in [0.1, 0.15) is 11.5 Å². The van der Waals surface area contributed by atoms with Crippen molar-refractivity contribution >= 4 is 21.6 Å². The molecule has 1 amide bonds. The van der Waals surface area contributed by atoms with Gasteiger partial charge >= 0.3 is 0 Å². The van der Waals surface area contributed by atoms with Crippen molar-refractivity contribution in [2.75, 3.05) is 26.1 Å². The van der Waals surface area contributed by atoms with E-state index in [-0.39, 0.29) is 10.8 Å².